The number of anilines is 2. The lowest BCUT2D eigenvalue weighted by molar-refractivity contribution is 0.0910. The van der Waals surface area contributed by atoms with Gasteiger partial charge in [-0.1, -0.05) is 18.3 Å². The zero-order chi connectivity index (χ0) is 13.5. The number of carbonyl (C=O) groups is 1. The van der Waals surface area contributed by atoms with Crippen LogP contribution in [0.2, 0.25) is 0 Å². The largest absolute Gasteiger partial charge is 0.383 e. The maximum Gasteiger partial charge on any atom is 0.265 e. The van der Waals surface area contributed by atoms with Crippen molar-refractivity contribution in [3.05, 3.63) is 4.88 Å². The van der Waals surface area contributed by atoms with E-state index < -0.39 is 0 Å². The van der Waals surface area contributed by atoms with Crippen molar-refractivity contribution in [1.82, 2.24) is 10.3 Å². The highest BCUT2D eigenvalue weighted by molar-refractivity contribution is 7.18. The third-order valence-electron chi connectivity index (χ3n) is 2.18. The second-order valence-corrected chi connectivity index (χ2v) is 4.99. The third-order valence-corrected chi connectivity index (χ3v) is 3.21. The Bertz CT molecular complexity index is 394. The second-order valence-electron chi connectivity index (χ2n) is 3.99. The average Bonchev–Trinajstić information content (AvgIpc) is 2.68. The number of nitrogens with two attached hydrogens (primary N) is 1. The average molecular weight is 272 g/mol. The van der Waals surface area contributed by atoms with Gasteiger partial charge in [0.1, 0.15) is 10.7 Å². The van der Waals surface area contributed by atoms with Crippen LogP contribution in [0.25, 0.3) is 0 Å². The first-order valence-electron chi connectivity index (χ1n) is 5.88. The number of ether oxygens (including phenoxy) is 1. The fraction of sp³-hybridized carbons (Fsp3) is 0.636. The van der Waals surface area contributed by atoms with Gasteiger partial charge in [-0.25, -0.2) is 4.98 Å². The molecule has 0 aliphatic heterocycles. The van der Waals surface area contributed by atoms with Crippen LogP contribution in [0.15, 0.2) is 0 Å². The number of hydrogen-bond donors (Lipinski definition) is 3. The lowest BCUT2D eigenvalue weighted by Gasteiger charge is -2.11. The molecule has 1 rings (SSSR count). The fourth-order valence-electron chi connectivity index (χ4n) is 1.38. The van der Waals surface area contributed by atoms with Gasteiger partial charge in [-0.3, -0.25) is 4.79 Å². The third kappa shape index (κ3) is 4.15. The van der Waals surface area contributed by atoms with Crippen LogP contribution in [0.3, 0.4) is 0 Å². The Hall–Kier alpha value is -1.34. The Kier molecular flexibility index (Phi) is 5.87. The number of aromatic nitrogens is 1. The van der Waals surface area contributed by atoms with E-state index in [1.807, 2.05) is 6.92 Å². The van der Waals surface area contributed by atoms with E-state index in [2.05, 4.69) is 22.5 Å². The van der Waals surface area contributed by atoms with Gasteiger partial charge in [0.25, 0.3) is 5.91 Å². The number of methoxy groups -OCH3 is 1. The summed E-state index contributed by atoms with van der Waals surface area (Å²) >= 11 is 1.27. The zero-order valence-corrected chi connectivity index (χ0v) is 11.8. The number of nitrogens with zero attached hydrogens (tertiary/aromatic N) is 1. The molecule has 102 valence electrons. The van der Waals surface area contributed by atoms with Crippen LogP contribution in [-0.2, 0) is 4.74 Å². The predicted octanol–water partition coefficient (Wildman–Crippen LogP) is 1.31. The van der Waals surface area contributed by atoms with Gasteiger partial charge in [-0.15, -0.1) is 0 Å². The molecular weight excluding hydrogens is 252 g/mol. The standard InChI is InChI=1S/C11H20N4O2S/c1-4-5-13-11-15-9(12)8(18-11)10(16)14-7(2)6-17-3/h7H,4-6,12H2,1-3H3,(H,13,15)(H,14,16). The first-order valence-corrected chi connectivity index (χ1v) is 6.70. The number of thiazole rings is 1. The summed E-state index contributed by atoms with van der Waals surface area (Å²) < 4.78 is 4.96. The molecule has 0 aliphatic rings. The molecule has 0 fully saturated rings. The Labute approximate surface area is 111 Å². The number of carbonyl (C=O) groups excluding carboxylic acids is 1. The molecule has 0 saturated heterocycles. The first-order chi connectivity index (χ1) is 8.58. The molecule has 0 aliphatic carbocycles. The lowest BCUT2D eigenvalue weighted by atomic mass is 10.3. The van der Waals surface area contributed by atoms with Crippen LogP contribution < -0.4 is 16.4 Å². The van der Waals surface area contributed by atoms with Crippen LogP contribution in [0.4, 0.5) is 10.9 Å². The molecule has 0 bridgehead atoms. The van der Waals surface area contributed by atoms with Crippen molar-refractivity contribution in [1.29, 1.82) is 0 Å². The Morgan fingerprint density at radius 2 is 2.33 bits per heavy atom. The van der Waals surface area contributed by atoms with Crippen LogP contribution in [0, 0.1) is 0 Å². The van der Waals surface area contributed by atoms with Gasteiger partial charge in [0.2, 0.25) is 0 Å². The number of hydrogen-bond acceptors (Lipinski definition) is 6. The SMILES string of the molecule is CCCNc1nc(N)c(C(=O)NC(C)COC)s1. The van der Waals surface area contributed by atoms with Crippen molar-refractivity contribution in [3.8, 4) is 0 Å². The molecule has 0 aromatic carbocycles. The zero-order valence-electron chi connectivity index (χ0n) is 10.9. The highest BCUT2D eigenvalue weighted by Crippen LogP contribution is 2.24. The molecule has 0 saturated carbocycles. The number of amides is 1. The van der Waals surface area contributed by atoms with Crippen molar-refractivity contribution in [3.63, 3.8) is 0 Å². The van der Waals surface area contributed by atoms with Gasteiger partial charge in [-0.2, -0.15) is 0 Å². The Morgan fingerprint density at radius 3 is 2.94 bits per heavy atom. The van der Waals surface area contributed by atoms with Crippen molar-refractivity contribution in [2.45, 2.75) is 26.3 Å². The van der Waals surface area contributed by atoms with Gasteiger partial charge in [0.15, 0.2) is 5.13 Å². The molecule has 1 atom stereocenters. The Balaban J connectivity index is 2.64. The van der Waals surface area contributed by atoms with Gasteiger partial charge < -0.3 is 21.1 Å². The van der Waals surface area contributed by atoms with Crippen molar-refractivity contribution in [2.75, 3.05) is 31.3 Å². The first kappa shape index (κ1) is 14.7. The summed E-state index contributed by atoms with van der Waals surface area (Å²) in [5.41, 5.74) is 5.73. The summed E-state index contributed by atoms with van der Waals surface area (Å²) in [6.45, 7) is 5.21. The number of rotatable bonds is 7. The highest BCUT2D eigenvalue weighted by atomic mass is 32.1. The van der Waals surface area contributed by atoms with Gasteiger partial charge in [-0.05, 0) is 13.3 Å². The molecule has 1 aromatic heterocycles. The molecule has 0 radical (unpaired) electrons. The summed E-state index contributed by atoms with van der Waals surface area (Å²) in [5, 5.41) is 6.60. The molecular formula is C11H20N4O2S. The smallest absolute Gasteiger partial charge is 0.265 e. The molecule has 1 unspecified atom stereocenters. The van der Waals surface area contributed by atoms with Gasteiger partial charge in [0.05, 0.1) is 6.61 Å². The van der Waals surface area contributed by atoms with Crippen LogP contribution in [-0.4, -0.2) is 37.2 Å². The van der Waals surface area contributed by atoms with Gasteiger partial charge >= 0.3 is 0 Å². The van der Waals surface area contributed by atoms with E-state index in [1.165, 1.54) is 11.3 Å². The van der Waals surface area contributed by atoms with Crippen LogP contribution in [0.5, 0.6) is 0 Å². The molecule has 1 aromatic rings. The summed E-state index contributed by atoms with van der Waals surface area (Å²) in [6.07, 6.45) is 0.992. The normalized spacial score (nSPS) is 12.2. The van der Waals surface area contributed by atoms with Crippen LogP contribution in [0.1, 0.15) is 29.9 Å². The van der Waals surface area contributed by atoms with Crippen LogP contribution >= 0.6 is 11.3 Å². The van der Waals surface area contributed by atoms with Crippen molar-refractivity contribution >= 4 is 28.2 Å². The minimum atomic E-state index is -0.209. The minimum absolute atomic E-state index is 0.0592. The number of nitrogens with one attached hydrogen (secondary N) is 2. The van der Waals surface area contributed by atoms with E-state index in [0.29, 0.717) is 16.6 Å². The van der Waals surface area contributed by atoms with E-state index >= 15 is 0 Å². The Morgan fingerprint density at radius 1 is 1.61 bits per heavy atom. The maximum absolute atomic E-state index is 11.9. The monoisotopic (exact) mass is 272 g/mol. The molecule has 6 nitrogen and oxygen atoms in total. The quantitative estimate of drug-likeness (QED) is 0.696. The van der Waals surface area contributed by atoms with E-state index in [1.54, 1.807) is 7.11 Å². The van der Waals surface area contributed by atoms with Crippen molar-refractivity contribution in [2.24, 2.45) is 0 Å². The van der Waals surface area contributed by atoms with E-state index in [4.69, 9.17) is 10.5 Å². The molecule has 0 spiro atoms. The highest BCUT2D eigenvalue weighted by Gasteiger charge is 2.17. The molecule has 4 N–H and O–H groups in total. The minimum Gasteiger partial charge on any atom is -0.383 e. The second kappa shape index (κ2) is 7.17. The molecule has 1 amide bonds. The van der Waals surface area contributed by atoms with E-state index in [0.717, 1.165) is 13.0 Å². The number of nitrogen functional groups attached to an aromatic ring is 1. The molecule has 18 heavy (non-hydrogen) atoms. The predicted molar refractivity (Wildman–Crippen MR) is 74.1 cm³/mol. The summed E-state index contributed by atoms with van der Waals surface area (Å²) in [4.78, 5) is 16.5. The fourth-order valence-corrected chi connectivity index (χ4v) is 2.20. The lowest BCUT2D eigenvalue weighted by Crippen LogP contribution is -2.35. The van der Waals surface area contributed by atoms with Gasteiger partial charge in [0, 0.05) is 19.7 Å². The summed E-state index contributed by atoms with van der Waals surface area (Å²) in [5.74, 6) is 0.0554. The maximum atomic E-state index is 11.9. The summed E-state index contributed by atoms with van der Waals surface area (Å²) in [7, 11) is 1.59. The summed E-state index contributed by atoms with van der Waals surface area (Å²) in [6, 6.07) is -0.0592. The molecule has 7 heteroatoms. The van der Waals surface area contributed by atoms with E-state index in [9.17, 15) is 4.79 Å². The van der Waals surface area contributed by atoms with E-state index in [-0.39, 0.29) is 17.8 Å². The topological polar surface area (TPSA) is 89.3 Å². The molecule has 1 heterocycles. The van der Waals surface area contributed by atoms with Crippen molar-refractivity contribution < 1.29 is 9.53 Å².